The molecule has 0 saturated heterocycles. The molecule has 1 aliphatic rings. The number of para-hydroxylation sites is 1. The summed E-state index contributed by atoms with van der Waals surface area (Å²) < 4.78 is 7.58. The molecular formula is C24H25N5O2S. The summed E-state index contributed by atoms with van der Waals surface area (Å²) in [7, 11) is 1.67. The molecule has 4 aromatic rings. The van der Waals surface area contributed by atoms with Gasteiger partial charge in [-0.3, -0.25) is 9.36 Å². The Hall–Kier alpha value is -3.13. The number of nitrogens with one attached hydrogen (secondary N) is 1. The lowest BCUT2D eigenvalue weighted by Gasteiger charge is -2.25. The molecule has 0 unspecified atom stereocenters. The molecule has 0 aliphatic heterocycles. The maximum absolute atomic E-state index is 12.4. The smallest absolute Gasteiger partial charge is 0.258 e. The minimum atomic E-state index is -0.112. The fourth-order valence-electron chi connectivity index (χ4n) is 4.32. The molecule has 1 saturated carbocycles. The highest BCUT2D eigenvalue weighted by Gasteiger charge is 2.24. The number of hydrogen-bond donors (Lipinski definition) is 1. The quantitative estimate of drug-likeness (QED) is 0.419. The van der Waals surface area contributed by atoms with Crippen LogP contribution in [0.3, 0.4) is 0 Å². The van der Waals surface area contributed by atoms with Gasteiger partial charge < -0.3 is 9.72 Å². The van der Waals surface area contributed by atoms with Gasteiger partial charge in [-0.25, -0.2) is 4.98 Å². The van der Waals surface area contributed by atoms with Crippen molar-refractivity contribution in [2.45, 2.75) is 49.1 Å². The molecule has 0 amide bonds. The summed E-state index contributed by atoms with van der Waals surface area (Å²) in [6.45, 7) is 0. The molecule has 2 heterocycles. The van der Waals surface area contributed by atoms with Gasteiger partial charge in [0.25, 0.3) is 5.56 Å². The maximum Gasteiger partial charge on any atom is 0.258 e. The van der Waals surface area contributed by atoms with Crippen molar-refractivity contribution < 1.29 is 4.74 Å². The van der Waals surface area contributed by atoms with Crippen LogP contribution >= 0.6 is 11.8 Å². The average Bonchev–Trinajstić information content (AvgIpc) is 3.27. The largest absolute Gasteiger partial charge is 0.497 e. The SMILES string of the molecule is COc1ccc(-c2nnc(SCc3nc4ccccc4c(=O)[nH]3)n2C2CCCCC2)cc1. The zero-order valence-corrected chi connectivity index (χ0v) is 18.8. The Bertz CT molecular complexity index is 1280. The first-order valence-electron chi connectivity index (χ1n) is 10.9. The van der Waals surface area contributed by atoms with E-state index in [4.69, 9.17) is 4.74 Å². The summed E-state index contributed by atoms with van der Waals surface area (Å²) in [6.07, 6.45) is 5.96. The van der Waals surface area contributed by atoms with Gasteiger partial charge in [-0.1, -0.05) is 43.2 Å². The molecule has 2 aromatic heterocycles. The summed E-state index contributed by atoms with van der Waals surface area (Å²) in [5.74, 6) is 2.86. The summed E-state index contributed by atoms with van der Waals surface area (Å²) in [5, 5.41) is 10.6. The van der Waals surface area contributed by atoms with E-state index in [-0.39, 0.29) is 5.56 Å². The molecule has 1 fully saturated rings. The predicted molar refractivity (Wildman–Crippen MR) is 126 cm³/mol. The number of H-pyrrole nitrogens is 1. The van der Waals surface area contributed by atoms with Crippen molar-refractivity contribution >= 4 is 22.7 Å². The molecular weight excluding hydrogens is 422 g/mol. The second-order valence-electron chi connectivity index (χ2n) is 8.01. The molecule has 32 heavy (non-hydrogen) atoms. The summed E-state index contributed by atoms with van der Waals surface area (Å²) in [5.41, 5.74) is 1.62. The Kier molecular flexibility index (Phi) is 5.94. The molecule has 0 spiro atoms. The van der Waals surface area contributed by atoms with Crippen molar-refractivity contribution in [2.24, 2.45) is 0 Å². The average molecular weight is 448 g/mol. The van der Waals surface area contributed by atoms with E-state index >= 15 is 0 Å². The monoisotopic (exact) mass is 447 g/mol. The molecule has 1 aliphatic carbocycles. The third-order valence-electron chi connectivity index (χ3n) is 5.95. The van der Waals surface area contributed by atoms with E-state index in [9.17, 15) is 4.79 Å². The van der Waals surface area contributed by atoms with Crippen molar-refractivity contribution in [1.82, 2.24) is 24.7 Å². The van der Waals surface area contributed by atoms with Crippen molar-refractivity contribution in [2.75, 3.05) is 7.11 Å². The van der Waals surface area contributed by atoms with Gasteiger partial charge >= 0.3 is 0 Å². The zero-order chi connectivity index (χ0) is 21.9. The van der Waals surface area contributed by atoms with E-state index in [1.54, 1.807) is 24.9 Å². The van der Waals surface area contributed by atoms with Gasteiger partial charge in [0, 0.05) is 11.6 Å². The molecule has 5 rings (SSSR count). The first-order chi connectivity index (χ1) is 15.7. The van der Waals surface area contributed by atoms with Gasteiger partial charge in [0.15, 0.2) is 11.0 Å². The standard InChI is InChI=1S/C24H25N5O2S/c1-31-18-13-11-16(12-14-18)22-27-28-24(29(22)17-7-3-2-4-8-17)32-15-21-25-20-10-6-5-9-19(20)23(30)26-21/h5-6,9-14,17H,2-4,7-8,15H2,1H3,(H,25,26,30). The van der Waals surface area contributed by atoms with Gasteiger partial charge in [-0.15, -0.1) is 10.2 Å². The normalized spacial score (nSPS) is 14.7. The van der Waals surface area contributed by atoms with Crippen LogP contribution in [0.25, 0.3) is 22.3 Å². The molecule has 0 atom stereocenters. The molecule has 0 radical (unpaired) electrons. The first-order valence-corrected chi connectivity index (χ1v) is 11.9. The van der Waals surface area contributed by atoms with E-state index in [1.807, 2.05) is 42.5 Å². The van der Waals surface area contributed by atoms with E-state index in [0.29, 0.717) is 28.5 Å². The van der Waals surface area contributed by atoms with Crippen LogP contribution in [0, 0.1) is 0 Å². The number of fused-ring (bicyclic) bond motifs is 1. The summed E-state index contributed by atoms with van der Waals surface area (Å²) in [4.78, 5) is 20.0. The van der Waals surface area contributed by atoms with Crippen LogP contribution in [0.5, 0.6) is 5.75 Å². The van der Waals surface area contributed by atoms with E-state index in [1.165, 1.54) is 19.3 Å². The van der Waals surface area contributed by atoms with Crippen LogP contribution < -0.4 is 10.3 Å². The molecule has 7 nitrogen and oxygen atoms in total. The first kappa shape index (κ1) is 20.8. The lowest BCUT2D eigenvalue weighted by molar-refractivity contribution is 0.339. The summed E-state index contributed by atoms with van der Waals surface area (Å²) >= 11 is 1.57. The molecule has 0 bridgehead atoms. The highest BCUT2D eigenvalue weighted by molar-refractivity contribution is 7.98. The molecule has 164 valence electrons. The minimum absolute atomic E-state index is 0.112. The number of nitrogens with zero attached hydrogens (tertiary/aromatic N) is 4. The topological polar surface area (TPSA) is 85.7 Å². The van der Waals surface area contributed by atoms with Crippen molar-refractivity contribution in [3.63, 3.8) is 0 Å². The fraction of sp³-hybridized carbons (Fsp3) is 0.333. The van der Waals surface area contributed by atoms with Crippen molar-refractivity contribution in [3.05, 3.63) is 64.7 Å². The Morgan fingerprint density at radius 3 is 2.62 bits per heavy atom. The van der Waals surface area contributed by atoms with E-state index < -0.39 is 0 Å². The maximum atomic E-state index is 12.4. The second-order valence-corrected chi connectivity index (χ2v) is 8.96. The second kappa shape index (κ2) is 9.16. The van der Waals surface area contributed by atoms with Gasteiger partial charge in [0.2, 0.25) is 0 Å². The van der Waals surface area contributed by atoms with Crippen LogP contribution in [0.1, 0.15) is 44.0 Å². The molecule has 2 aromatic carbocycles. The number of aromatic nitrogens is 5. The van der Waals surface area contributed by atoms with Crippen LogP contribution in [-0.2, 0) is 5.75 Å². The predicted octanol–water partition coefficient (Wildman–Crippen LogP) is 4.99. The van der Waals surface area contributed by atoms with E-state index in [2.05, 4.69) is 24.7 Å². The van der Waals surface area contributed by atoms with Gasteiger partial charge in [-0.2, -0.15) is 0 Å². The fourth-order valence-corrected chi connectivity index (χ4v) is 5.19. The van der Waals surface area contributed by atoms with Gasteiger partial charge in [0.1, 0.15) is 11.6 Å². The Balaban J connectivity index is 1.46. The van der Waals surface area contributed by atoms with Gasteiger partial charge in [0.05, 0.1) is 23.8 Å². The third-order valence-corrected chi connectivity index (χ3v) is 6.91. The number of aromatic amines is 1. The van der Waals surface area contributed by atoms with Crippen LogP contribution in [0.15, 0.2) is 58.5 Å². The zero-order valence-electron chi connectivity index (χ0n) is 18.0. The molecule has 8 heteroatoms. The Labute approximate surface area is 190 Å². The van der Waals surface area contributed by atoms with Crippen LogP contribution in [0.4, 0.5) is 0 Å². The number of hydrogen-bond acceptors (Lipinski definition) is 6. The lowest BCUT2D eigenvalue weighted by Crippen LogP contribution is -2.15. The summed E-state index contributed by atoms with van der Waals surface area (Å²) in [6, 6.07) is 15.7. The van der Waals surface area contributed by atoms with Crippen LogP contribution in [-0.4, -0.2) is 31.8 Å². The lowest BCUT2D eigenvalue weighted by atomic mass is 9.95. The Morgan fingerprint density at radius 2 is 1.84 bits per heavy atom. The highest BCUT2D eigenvalue weighted by Crippen LogP contribution is 2.36. The Morgan fingerprint density at radius 1 is 1.06 bits per heavy atom. The van der Waals surface area contributed by atoms with Crippen molar-refractivity contribution in [1.29, 1.82) is 0 Å². The number of thioether (sulfide) groups is 1. The van der Waals surface area contributed by atoms with Gasteiger partial charge in [-0.05, 0) is 49.2 Å². The highest BCUT2D eigenvalue weighted by atomic mass is 32.2. The number of benzene rings is 2. The number of ether oxygens (including phenoxy) is 1. The number of methoxy groups -OCH3 is 1. The van der Waals surface area contributed by atoms with Crippen LogP contribution in [0.2, 0.25) is 0 Å². The van der Waals surface area contributed by atoms with E-state index in [0.717, 1.165) is 35.1 Å². The number of rotatable bonds is 6. The van der Waals surface area contributed by atoms with Crippen molar-refractivity contribution in [3.8, 4) is 17.1 Å². The molecule has 1 N–H and O–H groups in total. The minimum Gasteiger partial charge on any atom is -0.497 e. The third kappa shape index (κ3) is 4.14.